The van der Waals surface area contributed by atoms with Crippen LogP contribution in [-0.4, -0.2) is 13.6 Å². The van der Waals surface area contributed by atoms with Crippen molar-refractivity contribution in [2.45, 2.75) is 39.0 Å². The average Bonchev–Trinajstić information content (AvgIpc) is 2.35. The van der Waals surface area contributed by atoms with Crippen LogP contribution in [0.25, 0.3) is 0 Å². The van der Waals surface area contributed by atoms with Gasteiger partial charge in [0, 0.05) is 0 Å². The van der Waals surface area contributed by atoms with Gasteiger partial charge in [0.15, 0.2) is 0 Å². The van der Waals surface area contributed by atoms with E-state index in [2.05, 4.69) is 49.5 Å². The Hall–Kier alpha value is -0.820. The molecule has 1 heteroatoms. The van der Waals surface area contributed by atoms with Crippen LogP contribution in [0.5, 0.6) is 0 Å². The fourth-order valence-electron chi connectivity index (χ4n) is 2.26. The summed E-state index contributed by atoms with van der Waals surface area (Å²) >= 11 is 0. The van der Waals surface area contributed by atoms with Crippen LogP contribution in [0.15, 0.2) is 30.3 Å². The Balaban J connectivity index is 2.64. The van der Waals surface area contributed by atoms with Crippen molar-refractivity contribution in [2.75, 3.05) is 13.6 Å². The number of benzene rings is 1. The minimum atomic E-state index is 0.722. The zero-order valence-corrected chi connectivity index (χ0v) is 10.9. The second-order valence-electron chi connectivity index (χ2n) is 4.65. The van der Waals surface area contributed by atoms with E-state index in [9.17, 15) is 0 Å². The van der Waals surface area contributed by atoms with Gasteiger partial charge in [0.1, 0.15) is 0 Å². The molecule has 2 atom stereocenters. The van der Waals surface area contributed by atoms with Gasteiger partial charge in [-0.3, -0.25) is 0 Å². The van der Waals surface area contributed by atoms with E-state index in [4.69, 9.17) is 0 Å². The fraction of sp³-hybridized carbons (Fsp3) is 0.600. The quantitative estimate of drug-likeness (QED) is 0.687. The fourth-order valence-corrected chi connectivity index (χ4v) is 2.26. The monoisotopic (exact) mass is 219 g/mol. The summed E-state index contributed by atoms with van der Waals surface area (Å²) in [5.74, 6) is 1.50. The van der Waals surface area contributed by atoms with Gasteiger partial charge in [-0.1, -0.05) is 50.6 Å². The molecule has 1 aromatic rings. The van der Waals surface area contributed by atoms with Crippen molar-refractivity contribution in [3.05, 3.63) is 35.9 Å². The first-order valence-corrected chi connectivity index (χ1v) is 6.49. The second-order valence-corrected chi connectivity index (χ2v) is 4.65. The molecule has 0 spiro atoms. The normalized spacial score (nSPS) is 14.7. The molecular weight excluding hydrogens is 194 g/mol. The first kappa shape index (κ1) is 13.2. The standard InChI is InChI=1S/C15H25N/c1-4-13(2)15(11-8-12-16-3)14-9-6-5-7-10-14/h5-7,9-10,13,15-16H,4,8,11-12H2,1-3H3. The highest BCUT2D eigenvalue weighted by molar-refractivity contribution is 5.20. The predicted molar refractivity (Wildman–Crippen MR) is 71.8 cm³/mol. The van der Waals surface area contributed by atoms with Crippen LogP contribution < -0.4 is 5.32 Å². The molecule has 0 radical (unpaired) electrons. The second kappa shape index (κ2) is 7.45. The summed E-state index contributed by atoms with van der Waals surface area (Å²) < 4.78 is 0. The minimum absolute atomic E-state index is 0.722. The van der Waals surface area contributed by atoms with E-state index in [1.54, 1.807) is 0 Å². The highest BCUT2D eigenvalue weighted by atomic mass is 14.8. The predicted octanol–water partition coefficient (Wildman–Crippen LogP) is 3.82. The summed E-state index contributed by atoms with van der Waals surface area (Å²) in [4.78, 5) is 0. The molecule has 1 N–H and O–H groups in total. The average molecular weight is 219 g/mol. The van der Waals surface area contributed by atoms with Gasteiger partial charge in [-0.05, 0) is 43.8 Å². The Bertz CT molecular complexity index is 268. The smallest absolute Gasteiger partial charge is 0.00517 e. The first-order valence-electron chi connectivity index (χ1n) is 6.49. The van der Waals surface area contributed by atoms with E-state index in [1.807, 2.05) is 7.05 Å². The Kier molecular flexibility index (Phi) is 6.17. The molecule has 90 valence electrons. The van der Waals surface area contributed by atoms with Crippen LogP contribution in [0.3, 0.4) is 0 Å². The first-order chi connectivity index (χ1) is 7.79. The van der Waals surface area contributed by atoms with Crippen LogP contribution in [-0.2, 0) is 0 Å². The molecule has 0 aromatic heterocycles. The zero-order chi connectivity index (χ0) is 11.8. The highest BCUT2D eigenvalue weighted by Crippen LogP contribution is 2.30. The molecule has 0 aliphatic carbocycles. The Morgan fingerprint density at radius 1 is 1.19 bits per heavy atom. The lowest BCUT2D eigenvalue weighted by atomic mass is 9.82. The molecule has 0 amide bonds. The molecule has 0 fully saturated rings. The van der Waals surface area contributed by atoms with Gasteiger partial charge in [0.2, 0.25) is 0 Å². The maximum atomic E-state index is 3.23. The van der Waals surface area contributed by atoms with Crippen molar-refractivity contribution in [3.8, 4) is 0 Å². The van der Waals surface area contributed by atoms with Gasteiger partial charge in [-0.2, -0.15) is 0 Å². The van der Waals surface area contributed by atoms with Crippen LogP contribution >= 0.6 is 0 Å². The lowest BCUT2D eigenvalue weighted by Crippen LogP contribution is -2.13. The zero-order valence-electron chi connectivity index (χ0n) is 10.9. The summed E-state index contributed by atoms with van der Waals surface area (Å²) in [7, 11) is 2.03. The summed E-state index contributed by atoms with van der Waals surface area (Å²) in [6, 6.07) is 11.0. The molecule has 1 aromatic carbocycles. The topological polar surface area (TPSA) is 12.0 Å². The minimum Gasteiger partial charge on any atom is -0.320 e. The third-order valence-electron chi connectivity index (χ3n) is 3.50. The Labute approximate surface area is 100 Å². The van der Waals surface area contributed by atoms with Crippen LogP contribution in [0.4, 0.5) is 0 Å². The van der Waals surface area contributed by atoms with Gasteiger partial charge in [-0.15, -0.1) is 0 Å². The van der Waals surface area contributed by atoms with Crippen LogP contribution in [0.1, 0.15) is 44.6 Å². The van der Waals surface area contributed by atoms with Crippen molar-refractivity contribution in [2.24, 2.45) is 5.92 Å². The molecular formula is C15H25N. The van der Waals surface area contributed by atoms with Crippen molar-refractivity contribution >= 4 is 0 Å². The van der Waals surface area contributed by atoms with E-state index in [-0.39, 0.29) is 0 Å². The molecule has 0 saturated heterocycles. The van der Waals surface area contributed by atoms with Crippen molar-refractivity contribution in [1.82, 2.24) is 5.32 Å². The van der Waals surface area contributed by atoms with E-state index in [0.717, 1.165) is 18.4 Å². The molecule has 0 aliphatic heterocycles. The van der Waals surface area contributed by atoms with Gasteiger partial charge in [-0.25, -0.2) is 0 Å². The molecule has 1 nitrogen and oxygen atoms in total. The van der Waals surface area contributed by atoms with Crippen molar-refractivity contribution in [1.29, 1.82) is 0 Å². The maximum absolute atomic E-state index is 3.23. The highest BCUT2D eigenvalue weighted by Gasteiger charge is 2.16. The lowest BCUT2D eigenvalue weighted by Gasteiger charge is -2.23. The number of nitrogens with one attached hydrogen (secondary N) is 1. The third-order valence-corrected chi connectivity index (χ3v) is 3.50. The van der Waals surface area contributed by atoms with Crippen LogP contribution in [0.2, 0.25) is 0 Å². The third kappa shape index (κ3) is 3.97. The largest absolute Gasteiger partial charge is 0.320 e. The van der Waals surface area contributed by atoms with Crippen molar-refractivity contribution in [3.63, 3.8) is 0 Å². The molecule has 0 aliphatic rings. The van der Waals surface area contributed by atoms with Crippen LogP contribution in [0, 0.1) is 5.92 Å². The van der Waals surface area contributed by atoms with Gasteiger partial charge in [0.25, 0.3) is 0 Å². The summed E-state index contributed by atoms with van der Waals surface area (Å²) in [6.07, 6.45) is 3.82. The summed E-state index contributed by atoms with van der Waals surface area (Å²) in [5.41, 5.74) is 1.51. The van der Waals surface area contributed by atoms with Gasteiger partial charge in [0.05, 0.1) is 0 Å². The van der Waals surface area contributed by atoms with Gasteiger partial charge < -0.3 is 5.32 Å². The number of hydrogen-bond donors (Lipinski definition) is 1. The van der Waals surface area contributed by atoms with E-state index < -0.39 is 0 Å². The Morgan fingerprint density at radius 2 is 1.88 bits per heavy atom. The Morgan fingerprint density at radius 3 is 2.44 bits per heavy atom. The summed E-state index contributed by atoms with van der Waals surface area (Å²) in [5, 5.41) is 3.23. The van der Waals surface area contributed by atoms with Crippen molar-refractivity contribution < 1.29 is 0 Å². The number of hydrogen-bond acceptors (Lipinski definition) is 1. The molecule has 1 rings (SSSR count). The molecule has 16 heavy (non-hydrogen) atoms. The maximum Gasteiger partial charge on any atom is -0.00517 e. The molecule has 0 saturated carbocycles. The van der Waals surface area contributed by atoms with E-state index in [0.29, 0.717) is 0 Å². The van der Waals surface area contributed by atoms with E-state index >= 15 is 0 Å². The SMILES string of the molecule is CCC(C)C(CCCNC)c1ccccc1. The van der Waals surface area contributed by atoms with E-state index in [1.165, 1.54) is 24.8 Å². The molecule has 0 bridgehead atoms. The molecule has 2 unspecified atom stereocenters. The lowest BCUT2D eigenvalue weighted by molar-refractivity contribution is 0.411. The molecule has 0 heterocycles. The summed E-state index contributed by atoms with van der Waals surface area (Å²) in [6.45, 7) is 5.79. The van der Waals surface area contributed by atoms with Gasteiger partial charge >= 0.3 is 0 Å². The number of rotatable bonds is 7.